The van der Waals surface area contributed by atoms with Gasteiger partial charge in [0.05, 0.1) is 0 Å². The third-order valence-corrected chi connectivity index (χ3v) is 8.66. The maximum absolute atomic E-state index is 2.88. The molecule has 0 aromatic carbocycles. The summed E-state index contributed by atoms with van der Waals surface area (Å²) in [5, 5.41) is 0. The van der Waals surface area contributed by atoms with Crippen molar-refractivity contribution in [3.8, 4) is 0 Å². The highest BCUT2D eigenvalue weighted by Gasteiger charge is 2.35. The molecule has 0 spiro atoms. The van der Waals surface area contributed by atoms with Gasteiger partial charge in [0.25, 0.3) is 0 Å². The predicted octanol–water partition coefficient (Wildman–Crippen LogP) is 5.49. The van der Waals surface area contributed by atoms with E-state index in [0.717, 1.165) is 0 Å². The van der Waals surface area contributed by atoms with E-state index in [1.54, 1.807) is 0 Å². The van der Waals surface area contributed by atoms with Crippen molar-refractivity contribution in [2.75, 3.05) is 26.2 Å². The molecule has 0 aliphatic rings. The summed E-state index contributed by atoms with van der Waals surface area (Å²) in [6, 6.07) is 0. The van der Waals surface area contributed by atoms with Crippen molar-refractivity contribution in [1.29, 1.82) is 0 Å². The summed E-state index contributed by atoms with van der Waals surface area (Å²) in [5.74, 6) is 0. The second kappa shape index (κ2) is 12.7. The quantitative estimate of drug-likeness (QED) is 0.391. The third kappa shape index (κ3) is 8.37. The lowest BCUT2D eigenvalue weighted by Gasteiger charge is -2.45. The Morgan fingerprint density at radius 1 is 0.524 bits per heavy atom. The minimum atomic E-state index is -1.44. The van der Waals surface area contributed by atoms with Gasteiger partial charge in [-0.1, -0.05) is 53.4 Å². The van der Waals surface area contributed by atoms with Crippen LogP contribution >= 0.6 is 0 Å². The van der Waals surface area contributed by atoms with Crippen LogP contribution in [0, 0.1) is 0 Å². The zero-order valence-corrected chi connectivity index (χ0v) is 16.9. The Bertz CT molecular complexity index is 193. The van der Waals surface area contributed by atoms with Gasteiger partial charge in [0, 0.05) is 0 Å². The number of hydrogen-bond donors (Lipinski definition) is 0. The highest BCUT2D eigenvalue weighted by molar-refractivity contribution is 6.71. The van der Waals surface area contributed by atoms with E-state index in [1.807, 2.05) is 0 Å². The molecule has 0 radical (unpaired) electrons. The Morgan fingerprint density at radius 3 is 0.952 bits per heavy atom. The Labute approximate surface area is 136 Å². The van der Waals surface area contributed by atoms with E-state index in [9.17, 15) is 0 Å². The Balaban J connectivity index is 4.84. The molecule has 0 unspecified atom stereocenters. The van der Waals surface area contributed by atoms with Gasteiger partial charge in [-0.2, -0.15) is 0 Å². The lowest BCUT2D eigenvalue weighted by atomic mass is 10.3. The predicted molar refractivity (Wildman–Crippen MR) is 100 cm³/mol. The van der Waals surface area contributed by atoms with Crippen LogP contribution in [-0.4, -0.2) is 43.7 Å². The van der Waals surface area contributed by atoms with Crippen LogP contribution in [0.15, 0.2) is 0 Å². The standard InChI is InChI=1S/C18H42N2Si/c1-7-11-15-19(16-12-8-2)21(5,6)20(17-13-9-3)18-14-10-4/h7-18H2,1-6H3. The Hall–Kier alpha value is 0.137. The normalized spacial score (nSPS) is 12.6. The van der Waals surface area contributed by atoms with Gasteiger partial charge in [-0.25, -0.2) is 0 Å². The number of nitrogens with zero attached hydrogens (tertiary/aromatic N) is 2. The summed E-state index contributed by atoms with van der Waals surface area (Å²) in [6.45, 7) is 19.7. The summed E-state index contributed by atoms with van der Waals surface area (Å²) in [4.78, 5) is 0. The van der Waals surface area contributed by atoms with Crippen LogP contribution in [0.4, 0.5) is 0 Å². The lowest BCUT2D eigenvalue weighted by Crippen LogP contribution is -2.62. The molecule has 0 amide bonds. The van der Waals surface area contributed by atoms with Crippen molar-refractivity contribution in [1.82, 2.24) is 9.13 Å². The van der Waals surface area contributed by atoms with Crippen molar-refractivity contribution in [2.45, 2.75) is 92.2 Å². The van der Waals surface area contributed by atoms with Crippen molar-refractivity contribution in [2.24, 2.45) is 0 Å². The van der Waals surface area contributed by atoms with Gasteiger partial charge in [-0.05, 0) is 65.0 Å². The van der Waals surface area contributed by atoms with Crippen LogP contribution in [0.1, 0.15) is 79.1 Å². The first kappa shape index (κ1) is 21.1. The molecule has 21 heavy (non-hydrogen) atoms. The highest BCUT2D eigenvalue weighted by Crippen LogP contribution is 2.19. The second-order valence-corrected chi connectivity index (χ2v) is 11.1. The van der Waals surface area contributed by atoms with E-state index in [0.29, 0.717) is 0 Å². The summed E-state index contributed by atoms with van der Waals surface area (Å²) in [7, 11) is -1.44. The first-order chi connectivity index (χ1) is 10.0. The van der Waals surface area contributed by atoms with Crippen LogP contribution in [-0.2, 0) is 0 Å². The van der Waals surface area contributed by atoms with Crippen molar-refractivity contribution >= 4 is 8.40 Å². The van der Waals surface area contributed by atoms with Crippen LogP contribution in [0.2, 0.25) is 13.1 Å². The molecule has 0 aliphatic heterocycles. The molecular formula is C18H42N2Si. The minimum absolute atomic E-state index is 1.31. The smallest absolute Gasteiger partial charge is 0.200 e. The van der Waals surface area contributed by atoms with Gasteiger partial charge in [0.1, 0.15) is 0 Å². The maximum atomic E-state index is 2.88. The third-order valence-electron chi connectivity index (χ3n) is 4.67. The molecule has 0 saturated heterocycles. The van der Waals surface area contributed by atoms with Gasteiger partial charge in [0.15, 0.2) is 8.40 Å². The van der Waals surface area contributed by atoms with E-state index >= 15 is 0 Å². The van der Waals surface area contributed by atoms with E-state index < -0.39 is 8.40 Å². The summed E-state index contributed by atoms with van der Waals surface area (Å²) < 4.78 is 5.76. The SMILES string of the molecule is CCCCN(CCCC)[Si](C)(C)N(CCCC)CCCC. The van der Waals surface area contributed by atoms with Gasteiger partial charge in [-0.3, -0.25) is 0 Å². The molecule has 0 aromatic heterocycles. The maximum Gasteiger partial charge on any atom is 0.200 e. The fraction of sp³-hybridized carbons (Fsp3) is 1.00. The van der Waals surface area contributed by atoms with E-state index in [1.165, 1.54) is 77.5 Å². The first-order valence-corrected chi connectivity index (χ1v) is 12.4. The zero-order chi connectivity index (χ0) is 16.1. The van der Waals surface area contributed by atoms with Crippen LogP contribution in [0.5, 0.6) is 0 Å². The summed E-state index contributed by atoms with van der Waals surface area (Å²) in [5.41, 5.74) is 0. The molecule has 0 saturated carbocycles. The van der Waals surface area contributed by atoms with Crippen molar-refractivity contribution in [3.63, 3.8) is 0 Å². The molecule has 0 N–H and O–H groups in total. The van der Waals surface area contributed by atoms with Crippen LogP contribution < -0.4 is 0 Å². The topological polar surface area (TPSA) is 6.48 Å². The lowest BCUT2D eigenvalue weighted by molar-refractivity contribution is 0.311. The molecule has 0 heterocycles. The number of hydrogen-bond acceptors (Lipinski definition) is 2. The molecule has 0 bridgehead atoms. The van der Waals surface area contributed by atoms with Crippen LogP contribution in [0.3, 0.4) is 0 Å². The van der Waals surface area contributed by atoms with Crippen molar-refractivity contribution < 1.29 is 0 Å². The second-order valence-electron chi connectivity index (χ2n) is 6.88. The zero-order valence-electron chi connectivity index (χ0n) is 15.9. The monoisotopic (exact) mass is 314 g/mol. The molecule has 128 valence electrons. The van der Waals surface area contributed by atoms with E-state index in [-0.39, 0.29) is 0 Å². The molecular weight excluding hydrogens is 272 g/mol. The number of rotatable bonds is 14. The van der Waals surface area contributed by atoms with Gasteiger partial charge >= 0.3 is 0 Å². The first-order valence-electron chi connectivity index (χ1n) is 9.54. The van der Waals surface area contributed by atoms with Gasteiger partial charge in [-0.15, -0.1) is 0 Å². The molecule has 0 aromatic rings. The average molecular weight is 315 g/mol. The highest BCUT2D eigenvalue weighted by atomic mass is 28.3. The molecule has 2 nitrogen and oxygen atoms in total. The minimum Gasteiger partial charge on any atom is -0.312 e. The fourth-order valence-electron chi connectivity index (χ4n) is 2.91. The molecule has 0 fully saturated rings. The Morgan fingerprint density at radius 2 is 0.762 bits per heavy atom. The van der Waals surface area contributed by atoms with Crippen molar-refractivity contribution in [3.05, 3.63) is 0 Å². The largest absolute Gasteiger partial charge is 0.312 e. The average Bonchev–Trinajstić information content (AvgIpc) is 2.47. The Kier molecular flexibility index (Phi) is 12.7. The molecule has 0 aliphatic carbocycles. The molecule has 3 heteroatoms. The van der Waals surface area contributed by atoms with Crippen LogP contribution in [0.25, 0.3) is 0 Å². The van der Waals surface area contributed by atoms with E-state index in [4.69, 9.17) is 0 Å². The summed E-state index contributed by atoms with van der Waals surface area (Å²) in [6.07, 6.45) is 10.7. The fourth-order valence-corrected chi connectivity index (χ4v) is 6.14. The molecule has 0 atom stereocenters. The number of unbranched alkanes of at least 4 members (excludes halogenated alkanes) is 4. The van der Waals surface area contributed by atoms with Gasteiger partial charge in [0.2, 0.25) is 0 Å². The molecule has 0 rings (SSSR count). The summed E-state index contributed by atoms with van der Waals surface area (Å²) >= 11 is 0. The van der Waals surface area contributed by atoms with E-state index in [2.05, 4.69) is 49.9 Å². The van der Waals surface area contributed by atoms with Gasteiger partial charge < -0.3 is 9.13 Å².